The van der Waals surface area contributed by atoms with E-state index in [0.717, 1.165) is 4.47 Å². The van der Waals surface area contributed by atoms with E-state index in [2.05, 4.69) is 29.1 Å². The fraction of sp³-hybridized carbons (Fsp3) is 0.133. The van der Waals surface area contributed by atoms with Crippen molar-refractivity contribution in [2.75, 3.05) is 13.1 Å². The van der Waals surface area contributed by atoms with E-state index in [1.54, 1.807) is 29.2 Å². The number of hydrogen-bond acceptors (Lipinski definition) is 1. The number of benzene rings is 1. The van der Waals surface area contributed by atoms with Gasteiger partial charge in [-0.3, -0.25) is 4.79 Å². The molecule has 0 fully saturated rings. The molecule has 0 saturated carbocycles. The van der Waals surface area contributed by atoms with Crippen LogP contribution in [-0.2, 0) is 4.79 Å². The Morgan fingerprint density at radius 2 is 1.95 bits per heavy atom. The van der Waals surface area contributed by atoms with Gasteiger partial charge in [0, 0.05) is 29.2 Å². The number of carbonyl (C=O) groups is 1. The van der Waals surface area contributed by atoms with Crippen molar-refractivity contribution in [3.63, 3.8) is 0 Å². The van der Waals surface area contributed by atoms with Crippen LogP contribution < -0.4 is 0 Å². The molecular weight excluding hydrogens is 309 g/mol. The zero-order valence-electron chi connectivity index (χ0n) is 10.5. The molecule has 0 N–H and O–H groups in total. The van der Waals surface area contributed by atoms with Crippen molar-refractivity contribution in [2.24, 2.45) is 0 Å². The molecule has 1 rings (SSSR count). The van der Waals surface area contributed by atoms with Crippen LogP contribution >= 0.6 is 15.9 Å². The molecule has 0 aromatic heterocycles. The molecule has 4 heteroatoms. The normalized spacial score (nSPS) is 10.4. The molecule has 19 heavy (non-hydrogen) atoms. The maximum absolute atomic E-state index is 13.5. The van der Waals surface area contributed by atoms with Crippen molar-refractivity contribution >= 4 is 27.9 Å². The van der Waals surface area contributed by atoms with Crippen molar-refractivity contribution in [1.29, 1.82) is 0 Å². The highest BCUT2D eigenvalue weighted by atomic mass is 79.9. The minimum Gasteiger partial charge on any atom is -0.332 e. The number of rotatable bonds is 6. The first-order valence-corrected chi connectivity index (χ1v) is 6.51. The van der Waals surface area contributed by atoms with Crippen LogP contribution in [0.15, 0.2) is 54.1 Å². The minimum atomic E-state index is -0.369. The first kappa shape index (κ1) is 15.4. The predicted octanol–water partition coefficient (Wildman–Crippen LogP) is 3.80. The molecule has 2 nitrogen and oxygen atoms in total. The monoisotopic (exact) mass is 323 g/mol. The van der Waals surface area contributed by atoms with E-state index in [-0.39, 0.29) is 11.7 Å². The lowest BCUT2D eigenvalue weighted by Crippen LogP contribution is -2.29. The van der Waals surface area contributed by atoms with Crippen molar-refractivity contribution in [1.82, 2.24) is 4.90 Å². The average molecular weight is 324 g/mol. The Morgan fingerprint density at radius 1 is 1.32 bits per heavy atom. The van der Waals surface area contributed by atoms with E-state index in [9.17, 15) is 9.18 Å². The molecule has 1 aromatic carbocycles. The number of hydrogen-bond donors (Lipinski definition) is 0. The summed E-state index contributed by atoms with van der Waals surface area (Å²) in [6.45, 7) is 8.03. The van der Waals surface area contributed by atoms with Gasteiger partial charge in [0.2, 0.25) is 5.91 Å². The summed E-state index contributed by atoms with van der Waals surface area (Å²) in [5.74, 6) is -0.578. The van der Waals surface area contributed by atoms with E-state index in [0.29, 0.717) is 18.7 Å². The molecule has 1 aromatic rings. The maximum Gasteiger partial charge on any atom is 0.247 e. The molecule has 0 aliphatic heterocycles. The van der Waals surface area contributed by atoms with Gasteiger partial charge in [-0.25, -0.2) is 4.39 Å². The van der Waals surface area contributed by atoms with Gasteiger partial charge in [-0.1, -0.05) is 28.1 Å². The van der Waals surface area contributed by atoms with Crippen LogP contribution in [0.25, 0.3) is 6.08 Å². The molecule has 0 radical (unpaired) electrons. The molecule has 0 unspecified atom stereocenters. The van der Waals surface area contributed by atoms with E-state index < -0.39 is 0 Å². The van der Waals surface area contributed by atoms with Crippen LogP contribution in [-0.4, -0.2) is 23.9 Å². The Kier molecular flexibility index (Phi) is 6.22. The van der Waals surface area contributed by atoms with Crippen LogP contribution in [0.1, 0.15) is 5.56 Å². The lowest BCUT2D eigenvalue weighted by Gasteiger charge is -2.16. The summed E-state index contributed by atoms with van der Waals surface area (Å²) in [6.07, 6.45) is 6.07. The average Bonchev–Trinajstić information content (AvgIpc) is 2.39. The Bertz CT molecular complexity index is 501. The molecule has 100 valence electrons. The third-order valence-corrected chi connectivity index (χ3v) is 2.87. The van der Waals surface area contributed by atoms with Crippen LogP contribution in [0, 0.1) is 5.82 Å². The highest BCUT2D eigenvalue weighted by Crippen LogP contribution is 2.16. The second-order valence-corrected chi connectivity index (χ2v) is 4.74. The van der Waals surface area contributed by atoms with Gasteiger partial charge in [0.15, 0.2) is 0 Å². The minimum absolute atomic E-state index is 0.209. The molecule has 0 atom stereocenters. The molecule has 1 amide bonds. The summed E-state index contributed by atoms with van der Waals surface area (Å²) in [5.41, 5.74) is 0.361. The fourth-order valence-electron chi connectivity index (χ4n) is 1.47. The molecular formula is C15H15BrFNO. The maximum atomic E-state index is 13.5. The summed E-state index contributed by atoms with van der Waals surface area (Å²) in [5, 5.41) is 0. The van der Waals surface area contributed by atoms with Gasteiger partial charge in [-0.05, 0) is 24.3 Å². The lowest BCUT2D eigenvalue weighted by molar-refractivity contribution is -0.124. The Labute approximate surface area is 121 Å². The summed E-state index contributed by atoms with van der Waals surface area (Å²) in [6, 6.07) is 4.57. The van der Waals surface area contributed by atoms with Gasteiger partial charge in [0.1, 0.15) is 5.82 Å². The molecule has 0 aliphatic carbocycles. The van der Waals surface area contributed by atoms with E-state index in [1.807, 2.05) is 0 Å². The van der Waals surface area contributed by atoms with Gasteiger partial charge in [-0.15, -0.1) is 13.2 Å². The highest BCUT2D eigenvalue weighted by Gasteiger charge is 2.07. The van der Waals surface area contributed by atoms with Gasteiger partial charge in [0.05, 0.1) is 0 Å². The van der Waals surface area contributed by atoms with Crippen LogP contribution in [0.3, 0.4) is 0 Å². The van der Waals surface area contributed by atoms with Gasteiger partial charge < -0.3 is 4.90 Å². The SMILES string of the molecule is C=CCN(CC=C)C(=O)/C=C/c1cc(Br)ccc1F. The summed E-state index contributed by atoms with van der Waals surface area (Å²) < 4.78 is 14.2. The first-order valence-electron chi connectivity index (χ1n) is 5.72. The second kappa shape index (κ2) is 7.69. The van der Waals surface area contributed by atoms with E-state index in [1.165, 1.54) is 18.2 Å². The van der Waals surface area contributed by atoms with Gasteiger partial charge in [-0.2, -0.15) is 0 Å². The van der Waals surface area contributed by atoms with E-state index >= 15 is 0 Å². The number of carbonyl (C=O) groups excluding carboxylic acids is 1. The second-order valence-electron chi connectivity index (χ2n) is 3.82. The fourth-order valence-corrected chi connectivity index (χ4v) is 1.85. The predicted molar refractivity (Wildman–Crippen MR) is 80.1 cm³/mol. The Morgan fingerprint density at radius 3 is 2.53 bits per heavy atom. The van der Waals surface area contributed by atoms with Crippen molar-refractivity contribution in [3.8, 4) is 0 Å². The third-order valence-electron chi connectivity index (χ3n) is 2.37. The quantitative estimate of drug-likeness (QED) is 0.576. The lowest BCUT2D eigenvalue weighted by atomic mass is 10.2. The smallest absolute Gasteiger partial charge is 0.247 e. The van der Waals surface area contributed by atoms with Gasteiger partial charge >= 0.3 is 0 Å². The van der Waals surface area contributed by atoms with Crippen molar-refractivity contribution in [2.45, 2.75) is 0 Å². The largest absolute Gasteiger partial charge is 0.332 e. The molecule has 0 saturated heterocycles. The third kappa shape index (κ3) is 4.83. The summed E-state index contributed by atoms with van der Waals surface area (Å²) >= 11 is 3.26. The van der Waals surface area contributed by atoms with Crippen molar-refractivity contribution < 1.29 is 9.18 Å². The molecule has 0 bridgehead atoms. The van der Waals surface area contributed by atoms with Crippen LogP contribution in [0.4, 0.5) is 4.39 Å². The first-order chi connectivity index (χ1) is 9.08. The van der Waals surface area contributed by atoms with Crippen LogP contribution in [0.5, 0.6) is 0 Å². The zero-order valence-corrected chi connectivity index (χ0v) is 12.1. The summed E-state index contributed by atoms with van der Waals surface area (Å²) in [4.78, 5) is 13.5. The topological polar surface area (TPSA) is 20.3 Å². The zero-order chi connectivity index (χ0) is 14.3. The van der Waals surface area contributed by atoms with Gasteiger partial charge in [0.25, 0.3) is 0 Å². The Hall–Kier alpha value is -1.68. The standard InChI is InChI=1S/C15H15BrFNO/c1-3-9-18(10-4-2)15(19)8-5-12-11-13(16)6-7-14(12)17/h3-8,11H,1-2,9-10H2/b8-5+. The number of halogens is 2. The highest BCUT2D eigenvalue weighted by molar-refractivity contribution is 9.10. The molecule has 0 spiro atoms. The number of nitrogens with zero attached hydrogens (tertiary/aromatic N) is 1. The summed E-state index contributed by atoms with van der Waals surface area (Å²) in [7, 11) is 0. The molecule has 0 heterocycles. The molecule has 0 aliphatic rings. The Balaban J connectivity index is 2.84. The van der Waals surface area contributed by atoms with Crippen LogP contribution in [0.2, 0.25) is 0 Å². The number of amides is 1. The van der Waals surface area contributed by atoms with E-state index in [4.69, 9.17) is 0 Å². The van der Waals surface area contributed by atoms with Crippen molar-refractivity contribution in [3.05, 3.63) is 65.4 Å².